The highest BCUT2D eigenvalue weighted by Crippen LogP contribution is 2.15. The van der Waals surface area contributed by atoms with Crippen molar-refractivity contribution in [3.63, 3.8) is 0 Å². The molecule has 8 heteroatoms. The first kappa shape index (κ1) is 15.0. The number of aromatic nitrogens is 3. The van der Waals surface area contributed by atoms with Crippen LogP contribution in [0.2, 0.25) is 5.02 Å². The molecule has 0 saturated heterocycles. The minimum absolute atomic E-state index is 0.311. The third-order valence-corrected chi connectivity index (χ3v) is 3.11. The molecule has 0 atom stereocenters. The molecule has 1 aromatic carbocycles. The Morgan fingerprint density at radius 2 is 1.87 bits per heavy atom. The summed E-state index contributed by atoms with van der Waals surface area (Å²) < 4.78 is 4.94. The van der Waals surface area contributed by atoms with Gasteiger partial charge in [0, 0.05) is 16.7 Å². The highest BCUT2D eigenvalue weighted by atomic mass is 35.5. The van der Waals surface area contributed by atoms with Crippen molar-refractivity contribution in [1.82, 2.24) is 15.4 Å². The lowest BCUT2D eigenvalue weighted by Crippen LogP contribution is -2.13. The predicted molar refractivity (Wildman–Crippen MR) is 86.0 cm³/mol. The first-order valence-electron chi connectivity index (χ1n) is 6.71. The second-order valence-corrected chi connectivity index (χ2v) is 5.15. The molecule has 0 aliphatic heterocycles. The molecule has 3 rings (SSSR count). The van der Waals surface area contributed by atoms with Gasteiger partial charge in [-0.25, -0.2) is 0 Å². The summed E-state index contributed by atoms with van der Waals surface area (Å²) in [6.45, 7) is 1.79. The maximum atomic E-state index is 12.1. The number of benzene rings is 1. The predicted octanol–water partition coefficient (Wildman–Crippen LogP) is 3.42. The average molecular weight is 330 g/mol. The molecule has 3 aromatic rings. The van der Waals surface area contributed by atoms with E-state index in [9.17, 15) is 4.79 Å². The summed E-state index contributed by atoms with van der Waals surface area (Å²) in [7, 11) is 0. The number of hydrogen-bond acceptors (Lipinski definition) is 6. The molecular weight excluding hydrogens is 318 g/mol. The van der Waals surface area contributed by atoms with Gasteiger partial charge in [0.1, 0.15) is 5.76 Å². The number of aryl methyl sites for hydroxylation is 1. The van der Waals surface area contributed by atoms with Crippen molar-refractivity contribution in [2.45, 2.75) is 6.92 Å². The van der Waals surface area contributed by atoms with Crippen LogP contribution in [0.15, 0.2) is 47.0 Å². The van der Waals surface area contributed by atoms with Gasteiger partial charge in [-0.2, -0.15) is 0 Å². The molecule has 0 fully saturated rings. The highest BCUT2D eigenvalue weighted by molar-refractivity contribution is 6.31. The van der Waals surface area contributed by atoms with E-state index in [0.29, 0.717) is 33.8 Å². The van der Waals surface area contributed by atoms with E-state index in [-0.39, 0.29) is 5.91 Å². The van der Waals surface area contributed by atoms with E-state index in [1.54, 1.807) is 49.4 Å². The van der Waals surface area contributed by atoms with Crippen LogP contribution >= 0.6 is 11.6 Å². The van der Waals surface area contributed by atoms with E-state index in [1.807, 2.05) is 0 Å². The van der Waals surface area contributed by atoms with Crippen LogP contribution in [-0.4, -0.2) is 21.3 Å². The van der Waals surface area contributed by atoms with Crippen LogP contribution in [0.25, 0.3) is 0 Å². The van der Waals surface area contributed by atoms with Gasteiger partial charge >= 0.3 is 0 Å². The lowest BCUT2D eigenvalue weighted by atomic mass is 10.2. The maximum absolute atomic E-state index is 12.1. The standard InChI is InChI=1S/C15H12ClN5O2/c1-9-7-14(21-23-9)17-12-5-6-13(20-19-12)18-15(22)10-3-2-4-11(16)8-10/h2-8H,1H3,(H,17,19,21)(H,18,20,22). The molecule has 1 amide bonds. The quantitative estimate of drug-likeness (QED) is 0.761. The molecule has 0 unspecified atom stereocenters. The van der Waals surface area contributed by atoms with E-state index in [2.05, 4.69) is 26.0 Å². The van der Waals surface area contributed by atoms with Crippen LogP contribution in [0.5, 0.6) is 0 Å². The molecular formula is C15H12ClN5O2. The Kier molecular flexibility index (Phi) is 4.20. The van der Waals surface area contributed by atoms with Crippen LogP contribution in [-0.2, 0) is 0 Å². The first-order valence-corrected chi connectivity index (χ1v) is 7.09. The van der Waals surface area contributed by atoms with Gasteiger partial charge in [-0.15, -0.1) is 10.2 Å². The molecule has 7 nitrogen and oxygen atoms in total. The normalized spacial score (nSPS) is 10.3. The number of carbonyl (C=O) groups excluding carboxylic acids is 1. The Morgan fingerprint density at radius 1 is 1.09 bits per heavy atom. The molecule has 23 heavy (non-hydrogen) atoms. The summed E-state index contributed by atoms with van der Waals surface area (Å²) >= 11 is 5.86. The van der Waals surface area contributed by atoms with Gasteiger partial charge in [-0.3, -0.25) is 4.79 Å². The zero-order chi connectivity index (χ0) is 16.2. The summed E-state index contributed by atoms with van der Waals surface area (Å²) in [5, 5.41) is 17.8. The van der Waals surface area contributed by atoms with Crippen LogP contribution in [0, 0.1) is 6.92 Å². The van der Waals surface area contributed by atoms with E-state index >= 15 is 0 Å². The number of carbonyl (C=O) groups is 1. The fourth-order valence-corrected chi connectivity index (χ4v) is 2.03. The third-order valence-electron chi connectivity index (χ3n) is 2.88. The van der Waals surface area contributed by atoms with Gasteiger partial charge in [0.15, 0.2) is 17.5 Å². The average Bonchev–Trinajstić information content (AvgIpc) is 2.94. The smallest absolute Gasteiger partial charge is 0.256 e. The van der Waals surface area contributed by atoms with Crippen LogP contribution < -0.4 is 10.6 Å². The lowest BCUT2D eigenvalue weighted by molar-refractivity contribution is 0.102. The number of nitrogens with one attached hydrogen (secondary N) is 2. The minimum atomic E-state index is -0.311. The van der Waals surface area contributed by atoms with Crippen LogP contribution in [0.3, 0.4) is 0 Å². The lowest BCUT2D eigenvalue weighted by Gasteiger charge is -2.05. The summed E-state index contributed by atoms with van der Waals surface area (Å²) in [6.07, 6.45) is 0. The Balaban J connectivity index is 1.66. The summed E-state index contributed by atoms with van der Waals surface area (Å²) in [4.78, 5) is 12.1. The van der Waals surface area contributed by atoms with Gasteiger partial charge in [-0.05, 0) is 37.3 Å². The number of rotatable bonds is 4. The van der Waals surface area contributed by atoms with E-state index in [4.69, 9.17) is 16.1 Å². The van der Waals surface area contributed by atoms with Gasteiger partial charge < -0.3 is 15.2 Å². The Morgan fingerprint density at radius 3 is 2.52 bits per heavy atom. The highest BCUT2D eigenvalue weighted by Gasteiger charge is 2.08. The van der Waals surface area contributed by atoms with Crippen molar-refractivity contribution < 1.29 is 9.32 Å². The van der Waals surface area contributed by atoms with Crippen molar-refractivity contribution in [1.29, 1.82) is 0 Å². The summed E-state index contributed by atoms with van der Waals surface area (Å²) in [6, 6.07) is 11.7. The largest absolute Gasteiger partial charge is 0.360 e. The van der Waals surface area contributed by atoms with Gasteiger partial charge in [0.25, 0.3) is 5.91 Å². The first-order chi connectivity index (χ1) is 11.1. The van der Waals surface area contributed by atoms with Crippen LogP contribution in [0.4, 0.5) is 17.5 Å². The minimum Gasteiger partial charge on any atom is -0.360 e. The SMILES string of the molecule is Cc1cc(Nc2ccc(NC(=O)c3cccc(Cl)c3)nn2)no1. The fourth-order valence-electron chi connectivity index (χ4n) is 1.84. The Bertz CT molecular complexity index is 832. The Hall–Kier alpha value is -2.93. The van der Waals surface area contributed by atoms with E-state index in [1.165, 1.54) is 0 Å². The number of halogens is 1. The molecule has 2 N–H and O–H groups in total. The molecule has 2 heterocycles. The van der Waals surface area contributed by atoms with Crippen molar-refractivity contribution in [3.8, 4) is 0 Å². The van der Waals surface area contributed by atoms with Crippen molar-refractivity contribution in [2.24, 2.45) is 0 Å². The van der Waals surface area contributed by atoms with Gasteiger partial charge in [-0.1, -0.05) is 22.8 Å². The number of nitrogens with zero attached hydrogens (tertiary/aromatic N) is 3. The molecule has 0 saturated carbocycles. The zero-order valence-electron chi connectivity index (χ0n) is 12.1. The monoisotopic (exact) mass is 329 g/mol. The van der Waals surface area contributed by atoms with Crippen LogP contribution in [0.1, 0.15) is 16.1 Å². The fraction of sp³-hybridized carbons (Fsp3) is 0.0667. The molecule has 2 aromatic heterocycles. The zero-order valence-corrected chi connectivity index (χ0v) is 12.8. The van der Waals surface area contributed by atoms with Crippen molar-refractivity contribution in [2.75, 3.05) is 10.6 Å². The number of anilines is 3. The van der Waals surface area contributed by atoms with E-state index < -0.39 is 0 Å². The van der Waals surface area contributed by atoms with Gasteiger partial charge in [0.2, 0.25) is 0 Å². The van der Waals surface area contributed by atoms with Crippen molar-refractivity contribution in [3.05, 3.63) is 58.8 Å². The summed E-state index contributed by atoms with van der Waals surface area (Å²) in [5.74, 6) is 1.73. The maximum Gasteiger partial charge on any atom is 0.256 e. The van der Waals surface area contributed by atoms with E-state index in [0.717, 1.165) is 0 Å². The molecule has 0 aliphatic carbocycles. The molecule has 0 aliphatic rings. The van der Waals surface area contributed by atoms with Gasteiger partial charge in [0.05, 0.1) is 0 Å². The second kappa shape index (κ2) is 6.45. The molecule has 116 valence electrons. The Labute approximate surface area is 136 Å². The molecule has 0 spiro atoms. The van der Waals surface area contributed by atoms with Crippen molar-refractivity contribution >= 4 is 35.0 Å². The molecule has 0 bridgehead atoms. The molecule has 0 radical (unpaired) electrons. The number of amides is 1. The topological polar surface area (TPSA) is 92.9 Å². The third kappa shape index (κ3) is 3.83. The number of hydrogen-bond donors (Lipinski definition) is 2. The summed E-state index contributed by atoms with van der Waals surface area (Å²) in [5.41, 5.74) is 0.444. The second-order valence-electron chi connectivity index (χ2n) is 4.72.